The number of amides is 1. The summed E-state index contributed by atoms with van der Waals surface area (Å²) in [4.78, 5) is 12.5. The number of rotatable bonds is 7. The van der Waals surface area contributed by atoms with Crippen LogP contribution in [-0.4, -0.2) is 45.4 Å². The first-order valence-electron chi connectivity index (χ1n) is 8.98. The van der Waals surface area contributed by atoms with Gasteiger partial charge in [-0.2, -0.15) is 5.10 Å². The molecule has 3 rings (SSSR count). The molecule has 29 heavy (non-hydrogen) atoms. The first-order chi connectivity index (χ1) is 13.9. The lowest BCUT2D eigenvalue weighted by atomic mass is 10.2. The number of aromatic nitrogens is 4. The quantitative estimate of drug-likeness (QED) is 0.594. The summed E-state index contributed by atoms with van der Waals surface area (Å²) in [6.45, 7) is 5.71. The maximum atomic E-state index is 12.5. The molecule has 0 radical (unpaired) electrons. The molecule has 0 saturated carbocycles. The van der Waals surface area contributed by atoms with E-state index in [2.05, 4.69) is 20.6 Å². The van der Waals surface area contributed by atoms with Crippen molar-refractivity contribution in [2.45, 2.75) is 31.0 Å². The normalized spacial score (nSPS) is 11.8. The molecule has 0 spiro atoms. The zero-order valence-corrected chi connectivity index (χ0v) is 17.8. The van der Waals surface area contributed by atoms with E-state index in [-0.39, 0.29) is 11.2 Å². The number of thioether (sulfide) groups is 1. The van der Waals surface area contributed by atoms with Crippen molar-refractivity contribution in [3.63, 3.8) is 0 Å². The van der Waals surface area contributed by atoms with Crippen molar-refractivity contribution >= 4 is 23.4 Å². The van der Waals surface area contributed by atoms with E-state index >= 15 is 0 Å². The van der Waals surface area contributed by atoms with Crippen molar-refractivity contribution in [2.24, 2.45) is 0 Å². The summed E-state index contributed by atoms with van der Waals surface area (Å²) < 4.78 is 12.2. The predicted octanol–water partition coefficient (Wildman–Crippen LogP) is 3.42. The molecule has 0 bridgehead atoms. The Morgan fingerprint density at radius 2 is 1.83 bits per heavy atom. The minimum absolute atomic E-state index is 0.147. The van der Waals surface area contributed by atoms with Gasteiger partial charge < -0.3 is 14.8 Å². The van der Waals surface area contributed by atoms with Crippen LogP contribution in [0.25, 0.3) is 5.82 Å². The third-order valence-electron chi connectivity index (χ3n) is 4.17. The van der Waals surface area contributed by atoms with E-state index < -0.39 is 0 Å². The summed E-state index contributed by atoms with van der Waals surface area (Å²) in [6.07, 6.45) is 0. The predicted molar refractivity (Wildman–Crippen MR) is 112 cm³/mol. The second-order valence-electron chi connectivity index (χ2n) is 6.39. The Labute approximate surface area is 173 Å². The summed E-state index contributed by atoms with van der Waals surface area (Å²) in [7, 11) is 3.12. The molecule has 8 nitrogen and oxygen atoms in total. The summed E-state index contributed by atoms with van der Waals surface area (Å²) >= 11 is 1.33. The molecule has 1 N–H and O–H groups in total. The Morgan fingerprint density at radius 1 is 1.07 bits per heavy atom. The van der Waals surface area contributed by atoms with Crippen LogP contribution in [0.2, 0.25) is 0 Å². The Balaban J connectivity index is 1.64. The third kappa shape index (κ3) is 4.86. The second kappa shape index (κ2) is 8.95. The topological polar surface area (TPSA) is 91.2 Å². The number of nitrogens with zero attached hydrogens (tertiary/aromatic N) is 4. The van der Waals surface area contributed by atoms with Gasteiger partial charge in [-0.05, 0) is 51.1 Å². The second-order valence-corrected chi connectivity index (χ2v) is 7.75. The highest BCUT2D eigenvalue weighted by Crippen LogP contribution is 2.30. The number of aryl methyl sites for hydroxylation is 2. The highest BCUT2D eigenvalue weighted by Gasteiger charge is 2.17. The molecule has 2 heterocycles. The summed E-state index contributed by atoms with van der Waals surface area (Å²) in [6, 6.07) is 10.9. The zero-order valence-electron chi connectivity index (χ0n) is 17.0. The fraction of sp³-hybridized carbons (Fsp3) is 0.300. The van der Waals surface area contributed by atoms with Crippen LogP contribution in [0.5, 0.6) is 11.5 Å². The fourth-order valence-electron chi connectivity index (χ4n) is 2.74. The number of anilines is 1. The molecule has 0 saturated heterocycles. The Morgan fingerprint density at radius 3 is 2.41 bits per heavy atom. The number of nitrogens with one attached hydrogen (secondary N) is 1. The minimum Gasteiger partial charge on any atom is -0.493 e. The molecule has 3 aromatic rings. The Hall–Kier alpha value is -3.07. The van der Waals surface area contributed by atoms with Gasteiger partial charge in [0.2, 0.25) is 5.91 Å². The summed E-state index contributed by atoms with van der Waals surface area (Å²) in [5.41, 5.74) is 2.54. The SMILES string of the molecule is COc1ccc(NC(=O)C(C)Sc2ccc(-n3nc(C)cc3C)nn2)cc1OC. The van der Waals surface area contributed by atoms with E-state index in [4.69, 9.17) is 9.47 Å². The van der Waals surface area contributed by atoms with Gasteiger partial charge in [-0.25, -0.2) is 4.68 Å². The average Bonchev–Trinajstić information content (AvgIpc) is 3.06. The van der Waals surface area contributed by atoms with Gasteiger partial charge in [0.1, 0.15) is 5.03 Å². The summed E-state index contributed by atoms with van der Waals surface area (Å²) in [5.74, 6) is 1.65. The van der Waals surface area contributed by atoms with Crippen LogP contribution in [0.4, 0.5) is 5.69 Å². The van der Waals surface area contributed by atoms with E-state index in [1.165, 1.54) is 11.8 Å². The molecule has 9 heteroatoms. The van der Waals surface area contributed by atoms with Gasteiger partial charge in [0.05, 0.1) is 25.2 Å². The molecule has 1 aromatic carbocycles. The average molecular weight is 414 g/mol. The standard InChI is InChI=1S/C20H23N5O3S/c1-12-10-13(2)25(24-12)18-8-9-19(23-22-18)29-14(3)20(26)21-15-6-7-16(27-4)17(11-15)28-5/h6-11,14H,1-5H3,(H,21,26). The lowest BCUT2D eigenvalue weighted by Crippen LogP contribution is -2.22. The Bertz CT molecular complexity index is 1000. The molecule has 0 aliphatic heterocycles. The molecule has 1 amide bonds. The highest BCUT2D eigenvalue weighted by atomic mass is 32.2. The minimum atomic E-state index is -0.364. The van der Waals surface area contributed by atoms with Crippen LogP contribution in [0.15, 0.2) is 41.4 Å². The lowest BCUT2D eigenvalue weighted by Gasteiger charge is -2.13. The number of hydrogen-bond donors (Lipinski definition) is 1. The number of methoxy groups -OCH3 is 2. The third-order valence-corrected chi connectivity index (χ3v) is 5.20. The highest BCUT2D eigenvalue weighted by molar-refractivity contribution is 8.00. The number of carbonyl (C=O) groups is 1. The monoisotopic (exact) mass is 413 g/mol. The first-order valence-corrected chi connectivity index (χ1v) is 9.86. The lowest BCUT2D eigenvalue weighted by molar-refractivity contribution is -0.115. The van der Waals surface area contributed by atoms with Crippen LogP contribution >= 0.6 is 11.8 Å². The van der Waals surface area contributed by atoms with Gasteiger partial charge in [-0.3, -0.25) is 4.79 Å². The van der Waals surface area contributed by atoms with E-state index in [1.54, 1.807) is 37.1 Å². The van der Waals surface area contributed by atoms with Gasteiger partial charge in [-0.1, -0.05) is 11.8 Å². The maximum absolute atomic E-state index is 12.5. The van der Waals surface area contributed by atoms with Crippen LogP contribution in [0, 0.1) is 13.8 Å². The van der Waals surface area contributed by atoms with E-state index in [0.29, 0.717) is 28.0 Å². The molecule has 1 atom stereocenters. The van der Waals surface area contributed by atoms with Gasteiger partial charge in [0.25, 0.3) is 0 Å². The summed E-state index contributed by atoms with van der Waals surface area (Å²) in [5, 5.41) is 16.0. The van der Waals surface area contributed by atoms with Gasteiger partial charge in [0.15, 0.2) is 17.3 Å². The molecule has 1 unspecified atom stereocenters. The number of ether oxygens (including phenoxy) is 2. The van der Waals surface area contributed by atoms with Crippen LogP contribution < -0.4 is 14.8 Å². The van der Waals surface area contributed by atoms with Crippen molar-refractivity contribution < 1.29 is 14.3 Å². The molecular formula is C20H23N5O3S. The van der Waals surface area contributed by atoms with Gasteiger partial charge in [0, 0.05) is 17.4 Å². The number of carbonyl (C=O) groups excluding carboxylic acids is 1. The molecule has 0 aliphatic carbocycles. The largest absolute Gasteiger partial charge is 0.493 e. The fourth-order valence-corrected chi connectivity index (χ4v) is 3.50. The Kier molecular flexibility index (Phi) is 6.38. The van der Waals surface area contributed by atoms with Crippen LogP contribution in [0.1, 0.15) is 18.3 Å². The molecule has 2 aromatic heterocycles. The van der Waals surface area contributed by atoms with E-state index in [9.17, 15) is 4.79 Å². The molecule has 152 valence electrons. The molecule has 0 fully saturated rings. The molecular weight excluding hydrogens is 390 g/mol. The van der Waals surface area contributed by atoms with E-state index in [1.807, 2.05) is 39.0 Å². The van der Waals surface area contributed by atoms with Crippen molar-refractivity contribution in [1.82, 2.24) is 20.0 Å². The van der Waals surface area contributed by atoms with Gasteiger partial charge in [-0.15, -0.1) is 10.2 Å². The smallest absolute Gasteiger partial charge is 0.237 e. The van der Waals surface area contributed by atoms with Crippen molar-refractivity contribution in [3.05, 3.63) is 47.8 Å². The molecule has 0 aliphatic rings. The van der Waals surface area contributed by atoms with E-state index in [0.717, 1.165) is 11.4 Å². The maximum Gasteiger partial charge on any atom is 0.237 e. The van der Waals surface area contributed by atoms with Crippen molar-refractivity contribution in [2.75, 3.05) is 19.5 Å². The zero-order chi connectivity index (χ0) is 21.0. The van der Waals surface area contributed by atoms with Crippen molar-refractivity contribution in [3.8, 4) is 17.3 Å². The van der Waals surface area contributed by atoms with Crippen LogP contribution in [0.3, 0.4) is 0 Å². The number of benzene rings is 1. The van der Waals surface area contributed by atoms with Crippen molar-refractivity contribution in [1.29, 1.82) is 0 Å². The van der Waals surface area contributed by atoms with Crippen LogP contribution in [-0.2, 0) is 4.79 Å². The first kappa shape index (κ1) is 20.7. The van der Waals surface area contributed by atoms with Gasteiger partial charge >= 0.3 is 0 Å². The number of hydrogen-bond acceptors (Lipinski definition) is 7.